The summed E-state index contributed by atoms with van der Waals surface area (Å²) in [5, 5.41) is 45.9. The van der Waals surface area contributed by atoms with Crippen LogP contribution in [0.15, 0.2) is 87.4 Å². The molecule has 2 aromatic heterocycles. The number of phenolic OH excluding ortho intramolecular Hbond substituents is 1. The molecule has 2 aliphatic heterocycles. The monoisotopic (exact) mass is 796 g/mol. The molecule has 54 heavy (non-hydrogen) atoms. The van der Waals surface area contributed by atoms with Crippen molar-refractivity contribution in [2.75, 3.05) is 22.1 Å². The number of primary sulfonamides is 1. The van der Waals surface area contributed by atoms with Crippen molar-refractivity contribution in [1.82, 2.24) is 45.7 Å². The maximum absolute atomic E-state index is 13.7. The molecule has 0 saturated carbocycles. The highest BCUT2D eigenvalue weighted by molar-refractivity contribution is 8.01. The van der Waals surface area contributed by atoms with Crippen molar-refractivity contribution >= 4 is 80.9 Å². The molecule has 9 N–H and O–H groups in total. The van der Waals surface area contributed by atoms with E-state index in [4.69, 9.17) is 5.14 Å². The lowest BCUT2D eigenvalue weighted by Gasteiger charge is -2.49. The van der Waals surface area contributed by atoms with E-state index in [-0.39, 0.29) is 45.0 Å². The van der Waals surface area contributed by atoms with Crippen LogP contribution < -0.4 is 32.0 Å². The summed E-state index contributed by atoms with van der Waals surface area (Å²) in [6, 6.07) is 6.98. The summed E-state index contributed by atoms with van der Waals surface area (Å²) in [4.78, 5) is 72.7. The van der Waals surface area contributed by atoms with Gasteiger partial charge >= 0.3 is 12.0 Å². The fourth-order valence-corrected chi connectivity index (χ4v) is 8.12. The number of carboxylic acid groups (broad SMARTS) is 1. The van der Waals surface area contributed by atoms with E-state index >= 15 is 0 Å². The van der Waals surface area contributed by atoms with Crippen molar-refractivity contribution in [3.05, 3.63) is 88.5 Å². The number of phenols is 1. The quantitative estimate of drug-likeness (QED) is 0.0668. The molecule has 0 spiro atoms. The number of tetrazole rings is 1. The number of nitrogens with two attached hydrogens (primary N) is 1. The third kappa shape index (κ3) is 8.04. The zero-order valence-electron chi connectivity index (χ0n) is 27.4. The van der Waals surface area contributed by atoms with Crippen molar-refractivity contribution in [1.29, 1.82) is 0 Å². The van der Waals surface area contributed by atoms with Crippen LogP contribution in [0.1, 0.15) is 11.6 Å². The number of β-lactam (4-membered cyclic amide) rings is 1. The van der Waals surface area contributed by atoms with Gasteiger partial charge in [-0.25, -0.2) is 28.1 Å². The van der Waals surface area contributed by atoms with Crippen molar-refractivity contribution in [3.8, 4) is 5.75 Å². The van der Waals surface area contributed by atoms with Crippen LogP contribution in [0.2, 0.25) is 0 Å². The maximum Gasteiger partial charge on any atom is 0.352 e. The van der Waals surface area contributed by atoms with Gasteiger partial charge in [-0.1, -0.05) is 30.5 Å². The van der Waals surface area contributed by atoms with Gasteiger partial charge in [-0.15, -0.1) is 16.9 Å². The summed E-state index contributed by atoms with van der Waals surface area (Å²) in [7, 11) is -3.91. The van der Waals surface area contributed by atoms with Crippen molar-refractivity contribution in [3.63, 3.8) is 0 Å². The molecule has 0 aliphatic carbocycles. The van der Waals surface area contributed by atoms with E-state index in [1.807, 2.05) is 0 Å². The number of nitrogens with one attached hydrogen (secondary N) is 5. The number of urea groups is 1. The number of benzene rings is 2. The second kappa shape index (κ2) is 15.4. The number of carboxylic acids is 1. The van der Waals surface area contributed by atoms with Crippen LogP contribution in [0, 0.1) is 0 Å². The second-order valence-electron chi connectivity index (χ2n) is 11.3. The smallest absolute Gasteiger partial charge is 0.352 e. The minimum Gasteiger partial charge on any atom is -0.508 e. The van der Waals surface area contributed by atoms with E-state index in [9.17, 15) is 42.6 Å². The predicted octanol–water partition coefficient (Wildman–Crippen LogP) is 0.347. The Hall–Kier alpha value is -6.24. The molecule has 4 amide bonds. The molecule has 1 saturated heterocycles. The molecule has 4 aromatic rings. The molecule has 3 atom stereocenters. The van der Waals surface area contributed by atoms with Crippen molar-refractivity contribution in [2.45, 2.75) is 27.5 Å². The van der Waals surface area contributed by atoms with E-state index in [1.165, 1.54) is 71.2 Å². The van der Waals surface area contributed by atoms with Crippen LogP contribution in [-0.4, -0.2) is 100 Å². The van der Waals surface area contributed by atoms with Crippen molar-refractivity contribution in [2.24, 2.45) is 5.14 Å². The Balaban J connectivity index is 1.13. The number of carbonyl (C=O) groups is 4. The molecular weight excluding hydrogens is 769 g/mol. The van der Waals surface area contributed by atoms with Gasteiger partial charge in [-0.3, -0.25) is 24.3 Å². The lowest BCUT2D eigenvalue weighted by Crippen LogP contribution is -2.71. The van der Waals surface area contributed by atoms with Gasteiger partial charge in [0.25, 0.3) is 11.5 Å². The highest BCUT2D eigenvalue weighted by Gasteiger charge is 2.54. The predicted molar refractivity (Wildman–Crippen MR) is 194 cm³/mol. The third-order valence-corrected chi connectivity index (χ3v) is 11.1. The molecule has 24 heteroatoms. The number of H-pyrrole nitrogens is 1. The van der Waals surface area contributed by atoms with E-state index in [0.717, 1.165) is 22.9 Å². The Morgan fingerprint density at radius 2 is 1.87 bits per heavy atom. The van der Waals surface area contributed by atoms with Crippen molar-refractivity contribution < 1.29 is 37.8 Å². The molecule has 6 rings (SSSR count). The normalized spacial score (nSPS) is 17.1. The van der Waals surface area contributed by atoms with Gasteiger partial charge in [-0.2, -0.15) is 4.68 Å². The average Bonchev–Trinajstić information content (AvgIpc) is 3.60. The Morgan fingerprint density at radius 1 is 1.15 bits per heavy atom. The maximum atomic E-state index is 13.7. The van der Waals surface area contributed by atoms with E-state index < -0.39 is 56.9 Å². The Kier molecular flexibility index (Phi) is 10.7. The summed E-state index contributed by atoms with van der Waals surface area (Å²) >= 11 is 2.40. The van der Waals surface area contributed by atoms with Gasteiger partial charge in [-0.05, 0) is 58.0 Å². The zero-order chi connectivity index (χ0) is 38.7. The standard InChI is InChI=1S/C30H28N12O9S3/c1-2-41-30(38-39-40-41)53-13-15-12-52-26-21(25(46)42(26)22(15)27(47)48)35-24(45)20(14-3-7-17(43)8-4-14)36-29(49)34-19-11-32-28(37-23(19)44)33-16-5-9-18(10-6-16)54(31,50)51/h2-11,20-21,26,43H,1,12-13H2,(H,35,45)(H,47,48)(H2,31,50,51)(H2,34,36,49)(H2,32,33,37,44)/t20?,21?,26-/m0/s1. The summed E-state index contributed by atoms with van der Waals surface area (Å²) in [5.41, 5.74) is -0.302. The van der Waals surface area contributed by atoms with E-state index in [2.05, 4.69) is 53.3 Å². The highest BCUT2D eigenvalue weighted by Crippen LogP contribution is 2.41. The van der Waals surface area contributed by atoms with Gasteiger partial charge in [0.2, 0.25) is 27.0 Å². The topological polar surface area (TPSA) is 310 Å². The Bertz CT molecular complexity index is 2350. The number of aliphatic carboxylic acids is 1. The fraction of sp³-hybridized carbons (Fsp3) is 0.167. The number of hydrogen-bond donors (Lipinski definition) is 8. The minimum absolute atomic E-state index is 0.0447. The molecule has 21 nitrogen and oxygen atoms in total. The van der Waals surface area contributed by atoms with Gasteiger partial charge in [0.05, 0.1) is 11.1 Å². The first-order valence-electron chi connectivity index (χ1n) is 15.3. The molecule has 2 unspecified atom stereocenters. The lowest BCUT2D eigenvalue weighted by molar-refractivity contribution is -0.150. The molecule has 0 bridgehead atoms. The van der Waals surface area contributed by atoms with Gasteiger partial charge in [0, 0.05) is 23.4 Å². The first kappa shape index (κ1) is 37.5. The molecule has 280 valence electrons. The number of nitrogens with zero attached hydrogens (tertiary/aromatic N) is 6. The van der Waals surface area contributed by atoms with Gasteiger partial charge in [0.1, 0.15) is 34.6 Å². The number of amides is 4. The number of hydrogen-bond acceptors (Lipinski definition) is 15. The number of aromatic amines is 1. The number of fused-ring (bicyclic) bond motifs is 1. The van der Waals surface area contributed by atoms with Crippen LogP contribution >= 0.6 is 23.5 Å². The van der Waals surface area contributed by atoms with Crippen LogP contribution in [0.4, 0.5) is 22.1 Å². The van der Waals surface area contributed by atoms with Crippen LogP contribution in [-0.2, 0) is 24.4 Å². The summed E-state index contributed by atoms with van der Waals surface area (Å²) < 4.78 is 24.3. The minimum atomic E-state index is -3.91. The van der Waals surface area contributed by atoms with Gasteiger partial charge < -0.3 is 31.5 Å². The molecule has 2 aliphatic rings. The van der Waals surface area contributed by atoms with Gasteiger partial charge in [0.15, 0.2) is 0 Å². The Labute approximate surface area is 312 Å². The molecule has 1 fully saturated rings. The Morgan fingerprint density at radius 3 is 2.52 bits per heavy atom. The molecule has 2 aromatic carbocycles. The largest absolute Gasteiger partial charge is 0.508 e. The van der Waals surface area contributed by atoms with Crippen LogP contribution in [0.25, 0.3) is 6.20 Å². The summed E-state index contributed by atoms with van der Waals surface area (Å²) in [6.45, 7) is 3.61. The van der Waals surface area contributed by atoms with E-state index in [1.54, 1.807) is 0 Å². The third-order valence-electron chi connectivity index (χ3n) is 7.82. The summed E-state index contributed by atoms with van der Waals surface area (Å²) in [5.74, 6) is -2.64. The molecule has 4 heterocycles. The zero-order valence-corrected chi connectivity index (χ0v) is 29.8. The number of anilines is 3. The van der Waals surface area contributed by atoms with Crippen LogP contribution in [0.5, 0.6) is 5.75 Å². The lowest BCUT2D eigenvalue weighted by atomic mass is 10.0. The van der Waals surface area contributed by atoms with Crippen LogP contribution in [0.3, 0.4) is 0 Å². The molecule has 0 radical (unpaired) electrons. The average molecular weight is 797 g/mol. The molecular formula is C30H28N12O9S3. The highest BCUT2D eigenvalue weighted by atomic mass is 32.2. The van der Waals surface area contributed by atoms with E-state index in [0.29, 0.717) is 16.4 Å². The number of sulfonamides is 1. The second-order valence-corrected chi connectivity index (χ2v) is 14.9. The number of thioether (sulfide) groups is 2. The number of aromatic hydroxyl groups is 1. The number of rotatable bonds is 13. The first-order valence-corrected chi connectivity index (χ1v) is 18.9. The number of aromatic nitrogens is 6. The SMILES string of the molecule is C=Cn1nnnc1SCC1=C(C(=O)O)N2C(=O)C(NC(=O)C(NC(=O)Nc3cnc(Nc4ccc(S(N)(=O)=O)cc4)[nH]c3=O)c3ccc(O)cc3)[C@@H]2SC1. The fourth-order valence-electron chi connectivity index (χ4n) is 5.25. The first-order chi connectivity index (χ1) is 25.7. The number of carbonyl (C=O) groups excluding carboxylic acids is 3. The summed E-state index contributed by atoms with van der Waals surface area (Å²) in [6.07, 6.45) is 2.42.